The van der Waals surface area contributed by atoms with E-state index in [0.717, 1.165) is 0 Å². The average molecular weight is 468 g/mol. The molecule has 5 atom stereocenters. The van der Waals surface area contributed by atoms with Crippen molar-refractivity contribution in [3.05, 3.63) is 29.8 Å². The minimum atomic E-state index is -1.52. The normalized spacial score (nSPS) is 25.8. The zero-order valence-electron chi connectivity index (χ0n) is 19.1. The fourth-order valence-corrected chi connectivity index (χ4v) is 2.74. The molecule has 0 amide bonds. The van der Waals surface area contributed by atoms with Gasteiger partial charge in [-0.2, -0.15) is 0 Å². The summed E-state index contributed by atoms with van der Waals surface area (Å²) in [6.07, 6.45) is -6.78. The first kappa shape index (κ1) is 27.0. The van der Waals surface area contributed by atoms with Crippen LogP contribution in [0.4, 0.5) is 0 Å². The number of hydrogen-bond donors (Lipinski definition) is 5. The van der Waals surface area contributed by atoms with Crippen molar-refractivity contribution < 1.29 is 49.3 Å². The van der Waals surface area contributed by atoms with Crippen molar-refractivity contribution in [1.29, 1.82) is 0 Å². The van der Waals surface area contributed by atoms with Gasteiger partial charge in [0.05, 0.1) is 18.8 Å². The number of aliphatic hydroxyl groups is 4. The number of ether oxygens (including phenoxy) is 4. The molecular weight excluding hydrogens is 436 g/mol. The Bertz CT molecular complexity index is 837. The maximum Gasteiger partial charge on any atom is 0.335 e. The maximum atomic E-state index is 11.1. The van der Waals surface area contributed by atoms with Crippen LogP contribution in [-0.4, -0.2) is 93.2 Å². The van der Waals surface area contributed by atoms with Gasteiger partial charge in [-0.1, -0.05) is 11.8 Å². The summed E-state index contributed by atoms with van der Waals surface area (Å²) in [6, 6.07) is 6.54. The van der Waals surface area contributed by atoms with Gasteiger partial charge in [-0.15, -0.1) is 0 Å². The van der Waals surface area contributed by atoms with Crippen LogP contribution in [0.25, 0.3) is 0 Å². The van der Waals surface area contributed by atoms with Gasteiger partial charge in [0.2, 0.25) is 6.29 Å². The van der Waals surface area contributed by atoms with E-state index in [1.807, 2.05) is 0 Å². The van der Waals surface area contributed by atoms with Gasteiger partial charge in [-0.05, 0) is 52.0 Å². The Hall–Kier alpha value is -2.23. The zero-order valence-corrected chi connectivity index (χ0v) is 19.1. The van der Waals surface area contributed by atoms with Crippen LogP contribution < -0.4 is 4.74 Å². The van der Waals surface area contributed by atoms with Crippen molar-refractivity contribution in [3.8, 4) is 17.6 Å². The van der Waals surface area contributed by atoms with Gasteiger partial charge in [0, 0.05) is 5.56 Å². The Labute approximate surface area is 192 Å². The fourth-order valence-electron chi connectivity index (χ4n) is 2.74. The predicted molar refractivity (Wildman–Crippen MR) is 115 cm³/mol. The standard InChI is InChI=1S/C23H32O10/c1-22(2,13-31-23(3,4)21(28)29)30-11-5-6-14-7-9-15(10-8-14)32-20-19(27)18(26)17(25)16(12-24)33-20/h7-10,16-20,24-27H,11-13H2,1-4H3,(H,28,29). The Morgan fingerprint density at radius 1 is 1.03 bits per heavy atom. The summed E-state index contributed by atoms with van der Waals surface area (Å²) >= 11 is 0. The third-order valence-electron chi connectivity index (χ3n) is 5.02. The van der Waals surface area contributed by atoms with Crippen molar-refractivity contribution in [2.45, 2.75) is 69.6 Å². The molecule has 0 aromatic heterocycles. The molecule has 1 fully saturated rings. The quantitative estimate of drug-likeness (QED) is 0.310. The molecule has 0 saturated carbocycles. The Balaban J connectivity index is 1.87. The topological polar surface area (TPSA) is 155 Å². The molecule has 5 N–H and O–H groups in total. The van der Waals surface area contributed by atoms with Crippen LogP contribution in [0.3, 0.4) is 0 Å². The van der Waals surface area contributed by atoms with Gasteiger partial charge >= 0.3 is 5.97 Å². The Kier molecular flexibility index (Phi) is 9.22. The van der Waals surface area contributed by atoms with Gasteiger partial charge in [0.25, 0.3) is 0 Å². The molecular formula is C23H32O10. The molecule has 0 bridgehead atoms. The van der Waals surface area contributed by atoms with Crippen LogP contribution in [0.2, 0.25) is 0 Å². The molecule has 0 radical (unpaired) electrons. The van der Waals surface area contributed by atoms with Crippen LogP contribution in [0.5, 0.6) is 5.75 Å². The highest BCUT2D eigenvalue weighted by Gasteiger charge is 2.44. The monoisotopic (exact) mass is 468 g/mol. The first-order chi connectivity index (χ1) is 15.4. The van der Waals surface area contributed by atoms with E-state index in [-0.39, 0.29) is 13.2 Å². The van der Waals surface area contributed by atoms with E-state index in [4.69, 9.17) is 24.1 Å². The molecule has 1 aromatic carbocycles. The summed E-state index contributed by atoms with van der Waals surface area (Å²) in [7, 11) is 0. The maximum absolute atomic E-state index is 11.1. The number of rotatable bonds is 9. The van der Waals surface area contributed by atoms with Crippen LogP contribution in [-0.2, 0) is 19.0 Å². The van der Waals surface area contributed by atoms with E-state index >= 15 is 0 Å². The van der Waals surface area contributed by atoms with E-state index in [1.165, 1.54) is 13.8 Å². The van der Waals surface area contributed by atoms with Gasteiger partial charge in [0.15, 0.2) is 5.60 Å². The summed E-state index contributed by atoms with van der Waals surface area (Å²) in [4.78, 5) is 11.1. The number of carboxylic acid groups (broad SMARTS) is 1. The van der Waals surface area contributed by atoms with E-state index in [1.54, 1.807) is 38.1 Å². The lowest BCUT2D eigenvalue weighted by molar-refractivity contribution is -0.277. The minimum Gasteiger partial charge on any atom is -0.479 e. The second-order valence-electron chi connectivity index (χ2n) is 8.79. The molecule has 0 spiro atoms. The smallest absolute Gasteiger partial charge is 0.335 e. The van der Waals surface area contributed by atoms with Crippen molar-refractivity contribution >= 4 is 5.97 Å². The lowest BCUT2D eigenvalue weighted by Crippen LogP contribution is -2.60. The van der Waals surface area contributed by atoms with Gasteiger partial charge in [-0.3, -0.25) is 0 Å². The Morgan fingerprint density at radius 3 is 2.24 bits per heavy atom. The zero-order chi connectivity index (χ0) is 24.8. The van der Waals surface area contributed by atoms with Crippen LogP contribution in [0.1, 0.15) is 33.3 Å². The molecule has 1 heterocycles. The average Bonchev–Trinajstić information content (AvgIpc) is 2.77. The van der Waals surface area contributed by atoms with E-state index < -0.39 is 54.5 Å². The number of carbonyl (C=O) groups is 1. The minimum absolute atomic E-state index is 0.0813. The van der Waals surface area contributed by atoms with E-state index in [2.05, 4.69) is 11.8 Å². The number of hydrogen-bond acceptors (Lipinski definition) is 9. The number of carboxylic acids is 1. The van der Waals surface area contributed by atoms with Crippen molar-refractivity contribution in [2.75, 3.05) is 19.8 Å². The molecule has 5 unspecified atom stereocenters. The van der Waals surface area contributed by atoms with Gasteiger partial charge < -0.3 is 44.5 Å². The highest BCUT2D eigenvalue weighted by Crippen LogP contribution is 2.24. The molecule has 1 aromatic rings. The van der Waals surface area contributed by atoms with Crippen LogP contribution >= 0.6 is 0 Å². The molecule has 1 aliphatic heterocycles. The first-order valence-electron chi connectivity index (χ1n) is 10.4. The largest absolute Gasteiger partial charge is 0.479 e. The molecule has 0 aliphatic carbocycles. The summed E-state index contributed by atoms with van der Waals surface area (Å²) in [6.45, 7) is 6.13. The molecule has 1 aliphatic rings. The van der Waals surface area contributed by atoms with E-state index in [9.17, 15) is 25.2 Å². The first-order valence-corrected chi connectivity index (χ1v) is 10.4. The summed E-state index contributed by atoms with van der Waals surface area (Å²) in [5.41, 5.74) is -1.38. The molecule has 10 nitrogen and oxygen atoms in total. The second-order valence-corrected chi connectivity index (χ2v) is 8.79. The molecule has 184 valence electrons. The third kappa shape index (κ3) is 7.65. The van der Waals surface area contributed by atoms with Crippen molar-refractivity contribution in [3.63, 3.8) is 0 Å². The van der Waals surface area contributed by atoms with Gasteiger partial charge in [0.1, 0.15) is 36.8 Å². The van der Waals surface area contributed by atoms with Crippen molar-refractivity contribution in [2.24, 2.45) is 0 Å². The van der Waals surface area contributed by atoms with E-state index in [0.29, 0.717) is 11.3 Å². The number of aliphatic carboxylic acids is 1. The lowest BCUT2D eigenvalue weighted by atomic mass is 9.99. The fraction of sp³-hybridized carbons (Fsp3) is 0.609. The molecule has 10 heteroatoms. The highest BCUT2D eigenvalue weighted by molar-refractivity contribution is 5.76. The molecule has 1 saturated heterocycles. The molecule has 2 rings (SSSR count). The summed E-state index contributed by atoms with van der Waals surface area (Å²) in [5, 5.41) is 48.0. The van der Waals surface area contributed by atoms with Crippen LogP contribution in [0, 0.1) is 11.8 Å². The van der Waals surface area contributed by atoms with Crippen molar-refractivity contribution in [1.82, 2.24) is 0 Å². The number of benzene rings is 1. The number of aliphatic hydroxyl groups excluding tert-OH is 4. The lowest BCUT2D eigenvalue weighted by Gasteiger charge is -2.39. The third-order valence-corrected chi connectivity index (χ3v) is 5.02. The van der Waals surface area contributed by atoms with Crippen LogP contribution in [0.15, 0.2) is 24.3 Å². The SMILES string of the molecule is CC(C)(COC(C)(C)C(=O)O)OCC#Cc1ccc(OC2OC(CO)C(O)C(O)C2O)cc1. The van der Waals surface area contributed by atoms with Gasteiger partial charge in [-0.25, -0.2) is 4.79 Å². The predicted octanol–water partition coefficient (Wildman–Crippen LogP) is -0.108. The highest BCUT2D eigenvalue weighted by atomic mass is 16.7. The summed E-state index contributed by atoms with van der Waals surface area (Å²) in [5.74, 6) is 5.07. The Morgan fingerprint density at radius 2 is 1.67 bits per heavy atom. The molecule has 33 heavy (non-hydrogen) atoms. The second kappa shape index (κ2) is 11.3. The summed E-state index contributed by atoms with van der Waals surface area (Å²) < 4.78 is 21.9.